The minimum Gasteiger partial charge on any atom is -0.379 e. The molecule has 1 aliphatic heterocycles. The Balaban J connectivity index is 1.91. The second kappa shape index (κ2) is 8.62. The van der Waals surface area contributed by atoms with Crippen LogP contribution in [0.5, 0.6) is 0 Å². The summed E-state index contributed by atoms with van der Waals surface area (Å²) in [7, 11) is 0. The fourth-order valence-electron chi connectivity index (χ4n) is 2.31. The first kappa shape index (κ1) is 15.8. The number of nitrogens with zero attached hydrogens (tertiary/aromatic N) is 1. The number of halogens is 1. The summed E-state index contributed by atoms with van der Waals surface area (Å²) in [4.78, 5) is 15.4. The standard InChI is InChI=1S/C14H21ClN2O2S/c15-5-1-4-14(18)16-11-12(13-3-2-10-20-13)17-6-8-19-9-7-17/h2-3,10,12H,1,4-9,11H2,(H,16,18)/t12-/m1/s1. The van der Waals surface area contributed by atoms with E-state index in [0.717, 1.165) is 32.7 Å². The maximum Gasteiger partial charge on any atom is 0.220 e. The van der Waals surface area contributed by atoms with Crippen molar-refractivity contribution >= 4 is 28.8 Å². The lowest BCUT2D eigenvalue weighted by Gasteiger charge is -2.34. The van der Waals surface area contributed by atoms with E-state index < -0.39 is 0 Å². The van der Waals surface area contributed by atoms with Gasteiger partial charge >= 0.3 is 0 Å². The molecule has 0 radical (unpaired) electrons. The van der Waals surface area contributed by atoms with Crippen LogP contribution >= 0.6 is 22.9 Å². The van der Waals surface area contributed by atoms with Crippen molar-refractivity contribution in [2.75, 3.05) is 38.7 Å². The van der Waals surface area contributed by atoms with Gasteiger partial charge in [-0.1, -0.05) is 6.07 Å². The molecular formula is C14H21ClN2O2S. The van der Waals surface area contributed by atoms with Crippen LogP contribution < -0.4 is 5.32 Å². The number of nitrogens with one attached hydrogen (secondary N) is 1. The van der Waals surface area contributed by atoms with Gasteiger partial charge in [-0.25, -0.2) is 0 Å². The van der Waals surface area contributed by atoms with Crippen LogP contribution in [0.15, 0.2) is 17.5 Å². The fraction of sp³-hybridized carbons (Fsp3) is 0.643. The Hall–Kier alpha value is -0.620. The number of alkyl halides is 1. The van der Waals surface area contributed by atoms with Gasteiger partial charge in [0.15, 0.2) is 0 Å². The van der Waals surface area contributed by atoms with Crippen molar-refractivity contribution in [1.29, 1.82) is 0 Å². The first-order chi connectivity index (χ1) is 9.81. The third-order valence-electron chi connectivity index (χ3n) is 3.39. The Morgan fingerprint density at radius 1 is 1.50 bits per heavy atom. The predicted molar refractivity (Wildman–Crippen MR) is 82.4 cm³/mol. The molecule has 1 N–H and O–H groups in total. The molecule has 0 aliphatic carbocycles. The third kappa shape index (κ3) is 4.74. The van der Waals surface area contributed by atoms with E-state index in [1.54, 1.807) is 11.3 Å². The van der Waals surface area contributed by atoms with Gasteiger partial charge in [0, 0.05) is 36.8 Å². The Morgan fingerprint density at radius 2 is 2.30 bits per heavy atom. The summed E-state index contributed by atoms with van der Waals surface area (Å²) in [5.74, 6) is 0.617. The van der Waals surface area contributed by atoms with Gasteiger partial charge in [0.25, 0.3) is 0 Å². The molecule has 1 atom stereocenters. The van der Waals surface area contributed by atoms with Crippen LogP contribution in [0, 0.1) is 0 Å². The van der Waals surface area contributed by atoms with Crippen molar-refractivity contribution in [3.63, 3.8) is 0 Å². The van der Waals surface area contributed by atoms with Crippen molar-refractivity contribution in [3.8, 4) is 0 Å². The molecule has 0 saturated carbocycles. The molecule has 0 aromatic carbocycles. The predicted octanol–water partition coefficient (Wildman–Crippen LogP) is 2.26. The van der Waals surface area contributed by atoms with Crippen LogP contribution in [0.1, 0.15) is 23.8 Å². The fourth-order valence-corrected chi connectivity index (χ4v) is 3.30. The highest BCUT2D eigenvalue weighted by molar-refractivity contribution is 7.10. The van der Waals surface area contributed by atoms with Gasteiger partial charge in [-0.3, -0.25) is 9.69 Å². The second-order valence-corrected chi connectivity index (χ2v) is 6.13. The molecule has 1 aromatic heterocycles. The third-order valence-corrected chi connectivity index (χ3v) is 4.63. The van der Waals surface area contributed by atoms with Crippen molar-refractivity contribution in [1.82, 2.24) is 10.2 Å². The maximum atomic E-state index is 11.7. The zero-order valence-electron chi connectivity index (χ0n) is 11.5. The van der Waals surface area contributed by atoms with E-state index in [9.17, 15) is 4.79 Å². The summed E-state index contributed by atoms with van der Waals surface area (Å²) in [5.41, 5.74) is 0. The summed E-state index contributed by atoms with van der Waals surface area (Å²) in [6.07, 6.45) is 1.23. The van der Waals surface area contributed by atoms with E-state index in [1.165, 1.54) is 4.88 Å². The average Bonchev–Trinajstić information content (AvgIpc) is 3.00. The Labute approximate surface area is 129 Å². The quantitative estimate of drug-likeness (QED) is 0.785. The average molecular weight is 317 g/mol. The summed E-state index contributed by atoms with van der Waals surface area (Å²) < 4.78 is 5.41. The molecule has 1 saturated heterocycles. The minimum absolute atomic E-state index is 0.0838. The smallest absolute Gasteiger partial charge is 0.220 e. The van der Waals surface area contributed by atoms with E-state index in [-0.39, 0.29) is 11.9 Å². The van der Waals surface area contributed by atoms with Gasteiger partial charge in [-0.15, -0.1) is 22.9 Å². The van der Waals surface area contributed by atoms with E-state index in [2.05, 4.69) is 27.7 Å². The molecule has 1 aliphatic rings. The number of hydrogen-bond acceptors (Lipinski definition) is 4. The van der Waals surface area contributed by atoms with Gasteiger partial charge in [0.05, 0.1) is 19.3 Å². The molecule has 1 amide bonds. The topological polar surface area (TPSA) is 41.6 Å². The van der Waals surface area contributed by atoms with Crippen LogP contribution in [0.2, 0.25) is 0 Å². The van der Waals surface area contributed by atoms with Crippen LogP contribution in [0.25, 0.3) is 0 Å². The van der Waals surface area contributed by atoms with Crippen LogP contribution in [-0.4, -0.2) is 49.5 Å². The summed E-state index contributed by atoms with van der Waals surface area (Å²) in [6, 6.07) is 4.44. The first-order valence-electron chi connectivity index (χ1n) is 6.99. The van der Waals surface area contributed by atoms with Gasteiger partial charge in [0.2, 0.25) is 5.91 Å². The highest BCUT2D eigenvalue weighted by Crippen LogP contribution is 2.25. The molecule has 0 bridgehead atoms. The first-order valence-corrected chi connectivity index (χ1v) is 8.40. The molecule has 0 unspecified atom stereocenters. The molecule has 2 heterocycles. The number of thiophene rings is 1. The summed E-state index contributed by atoms with van der Waals surface area (Å²) in [5, 5.41) is 5.11. The molecular weight excluding hydrogens is 296 g/mol. The molecule has 0 spiro atoms. The number of amides is 1. The van der Waals surface area contributed by atoms with Gasteiger partial charge in [0.1, 0.15) is 0 Å². The molecule has 2 rings (SSSR count). The molecule has 4 nitrogen and oxygen atoms in total. The largest absolute Gasteiger partial charge is 0.379 e. The van der Waals surface area contributed by atoms with E-state index in [1.807, 2.05) is 0 Å². The Kier molecular flexibility index (Phi) is 6.79. The lowest BCUT2D eigenvalue weighted by Crippen LogP contribution is -2.43. The van der Waals surface area contributed by atoms with E-state index in [0.29, 0.717) is 18.8 Å². The van der Waals surface area contributed by atoms with E-state index in [4.69, 9.17) is 16.3 Å². The Bertz CT molecular complexity index is 394. The zero-order valence-corrected chi connectivity index (χ0v) is 13.1. The maximum absolute atomic E-state index is 11.7. The van der Waals surface area contributed by atoms with Crippen LogP contribution in [0.3, 0.4) is 0 Å². The van der Waals surface area contributed by atoms with Crippen molar-refractivity contribution in [3.05, 3.63) is 22.4 Å². The van der Waals surface area contributed by atoms with E-state index >= 15 is 0 Å². The van der Waals surface area contributed by atoms with Crippen LogP contribution in [0.4, 0.5) is 0 Å². The molecule has 1 aromatic rings. The second-order valence-electron chi connectivity index (χ2n) is 4.78. The number of hydrogen-bond donors (Lipinski definition) is 1. The molecule has 6 heteroatoms. The number of ether oxygens (including phenoxy) is 1. The van der Waals surface area contributed by atoms with Crippen molar-refractivity contribution in [2.45, 2.75) is 18.9 Å². The number of carbonyl (C=O) groups is 1. The lowest BCUT2D eigenvalue weighted by molar-refractivity contribution is -0.121. The Morgan fingerprint density at radius 3 is 2.95 bits per heavy atom. The SMILES string of the molecule is O=C(CCCCl)NC[C@H](c1cccs1)N1CCOCC1. The molecule has 112 valence electrons. The van der Waals surface area contributed by atoms with Crippen LogP contribution in [-0.2, 0) is 9.53 Å². The lowest BCUT2D eigenvalue weighted by atomic mass is 10.2. The van der Waals surface area contributed by atoms with Gasteiger partial charge in [-0.2, -0.15) is 0 Å². The van der Waals surface area contributed by atoms with Gasteiger partial charge < -0.3 is 10.1 Å². The molecule has 20 heavy (non-hydrogen) atoms. The number of carbonyl (C=O) groups excluding carboxylic acids is 1. The zero-order chi connectivity index (χ0) is 14.2. The highest BCUT2D eigenvalue weighted by atomic mass is 35.5. The van der Waals surface area contributed by atoms with Crippen molar-refractivity contribution < 1.29 is 9.53 Å². The minimum atomic E-state index is 0.0838. The summed E-state index contributed by atoms with van der Waals surface area (Å²) >= 11 is 7.35. The monoisotopic (exact) mass is 316 g/mol. The number of rotatable bonds is 7. The summed E-state index contributed by atoms with van der Waals surface area (Å²) in [6.45, 7) is 4.02. The number of morpholine rings is 1. The molecule has 1 fully saturated rings. The van der Waals surface area contributed by atoms with Crippen molar-refractivity contribution in [2.24, 2.45) is 0 Å². The highest BCUT2D eigenvalue weighted by Gasteiger charge is 2.23. The normalized spacial score (nSPS) is 17.9. The van der Waals surface area contributed by atoms with Gasteiger partial charge in [-0.05, 0) is 17.9 Å².